The maximum Gasteiger partial charge on any atom is 0.0598 e. The molecule has 1 aliphatic rings. The van der Waals surface area contributed by atoms with Crippen LogP contribution in [-0.2, 0) is 0 Å². The average Bonchev–Trinajstić information content (AvgIpc) is 2.23. The van der Waals surface area contributed by atoms with E-state index >= 15 is 0 Å². The number of hydrogen-bond donors (Lipinski definition) is 0. The Balaban J connectivity index is 2.26. The summed E-state index contributed by atoms with van der Waals surface area (Å²) in [6.45, 7) is 3.16. The van der Waals surface area contributed by atoms with Crippen LogP contribution in [0.4, 0.5) is 0 Å². The normalized spacial score (nSPS) is 21.3. The molecule has 1 aromatic carbocycles. The van der Waals surface area contributed by atoms with Crippen molar-refractivity contribution in [2.45, 2.75) is 19.8 Å². The third-order valence-electron chi connectivity index (χ3n) is 2.72. The van der Waals surface area contributed by atoms with Crippen molar-refractivity contribution >= 4 is 28.9 Å². The Hall–Kier alpha value is -0.530. The Morgan fingerprint density at radius 3 is 2.67 bits per heavy atom. The summed E-state index contributed by atoms with van der Waals surface area (Å²) in [6, 6.07) is 5.72. The highest BCUT2D eigenvalue weighted by Crippen LogP contribution is 2.25. The van der Waals surface area contributed by atoms with Crippen LogP contribution in [-0.4, -0.2) is 12.3 Å². The summed E-state index contributed by atoms with van der Waals surface area (Å²) in [5.74, 6) is 0.705. The van der Waals surface area contributed by atoms with Crippen LogP contribution < -0.4 is 0 Å². The van der Waals surface area contributed by atoms with Gasteiger partial charge in [-0.3, -0.25) is 4.99 Å². The minimum absolute atomic E-state index is 0.602. The Morgan fingerprint density at radius 2 is 2.07 bits per heavy atom. The van der Waals surface area contributed by atoms with Crippen molar-refractivity contribution in [3.05, 3.63) is 33.8 Å². The SMILES string of the molecule is CC1CCC(c2ccc(Cl)c(Cl)c2)=NC1. The van der Waals surface area contributed by atoms with E-state index in [1.54, 1.807) is 0 Å². The average molecular weight is 242 g/mol. The van der Waals surface area contributed by atoms with E-state index < -0.39 is 0 Å². The number of rotatable bonds is 1. The molecule has 1 aliphatic heterocycles. The summed E-state index contributed by atoms with van der Waals surface area (Å²) >= 11 is 11.8. The third kappa shape index (κ3) is 2.53. The first-order valence-electron chi connectivity index (χ1n) is 5.15. The Kier molecular flexibility index (Phi) is 3.32. The van der Waals surface area contributed by atoms with Crippen molar-refractivity contribution < 1.29 is 0 Å². The number of halogens is 2. The minimum atomic E-state index is 0.602. The predicted molar refractivity (Wildman–Crippen MR) is 66.3 cm³/mol. The second-order valence-corrected chi connectivity index (χ2v) is 4.87. The lowest BCUT2D eigenvalue weighted by atomic mass is 9.96. The molecule has 2 rings (SSSR count). The van der Waals surface area contributed by atoms with Gasteiger partial charge in [-0.15, -0.1) is 0 Å². The highest BCUT2D eigenvalue weighted by molar-refractivity contribution is 6.42. The first-order chi connectivity index (χ1) is 7.16. The van der Waals surface area contributed by atoms with Crippen LogP contribution in [0.3, 0.4) is 0 Å². The van der Waals surface area contributed by atoms with Crippen LogP contribution in [0.1, 0.15) is 25.3 Å². The molecule has 0 aromatic heterocycles. The molecule has 0 saturated carbocycles. The van der Waals surface area contributed by atoms with Crippen molar-refractivity contribution in [2.75, 3.05) is 6.54 Å². The van der Waals surface area contributed by atoms with E-state index in [0.29, 0.717) is 16.0 Å². The topological polar surface area (TPSA) is 12.4 Å². The quantitative estimate of drug-likeness (QED) is 0.699. The van der Waals surface area contributed by atoms with Gasteiger partial charge in [0.25, 0.3) is 0 Å². The largest absolute Gasteiger partial charge is 0.289 e. The van der Waals surface area contributed by atoms with Crippen molar-refractivity contribution in [1.82, 2.24) is 0 Å². The molecule has 1 heterocycles. The van der Waals surface area contributed by atoms with Gasteiger partial charge in [0.1, 0.15) is 0 Å². The monoisotopic (exact) mass is 241 g/mol. The Bertz CT molecular complexity index is 399. The molecule has 0 aliphatic carbocycles. The molecule has 0 radical (unpaired) electrons. The molecule has 0 bridgehead atoms. The van der Waals surface area contributed by atoms with Crippen molar-refractivity contribution in [2.24, 2.45) is 10.9 Å². The summed E-state index contributed by atoms with van der Waals surface area (Å²) in [7, 11) is 0. The zero-order valence-corrected chi connectivity index (χ0v) is 10.1. The maximum atomic E-state index is 5.97. The first-order valence-corrected chi connectivity index (χ1v) is 5.91. The molecule has 15 heavy (non-hydrogen) atoms. The first kappa shape index (κ1) is 11.0. The summed E-state index contributed by atoms with van der Waals surface area (Å²) in [6.07, 6.45) is 2.25. The standard InChI is InChI=1S/C12H13Cl2N/c1-8-2-5-12(15-7-8)9-3-4-10(13)11(14)6-9/h3-4,6,8H,2,5,7H2,1H3. The second-order valence-electron chi connectivity index (χ2n) is 4.06. The molecule has 0 spiro atoms. The van der Waals surface area contributed by atoms with Crippen molar-refractivity contribution in [3.8, 4) is 0 Å². The Labute approximate surface area is 100 Å². The molecule has 80 valence electrons. The number of aliphatic imine (C=N–C) groups is 1. The van der Waals surface area contributed by atoms with Crippen LogP contribution in [0.2, 0.25) is 10.0 Å². The van der Waals surface area contributed by atoms with Gasteiger partial charge in [-0.25, -0.2) is 0 Å². The van der Waals surface area contributed by atoms with Crippen LogP contribution in [0.15, 0.2) is 23.2 Å². The smallest absolute Gasteiger partial charge is 0.0598 e. The highest BCUT2D eigenvalue weighted by Gasteiger charge is 2.13. The van der Waals surface area contributed by atoms with Crippen LogP contribution in [0.5, 0.6) is 0 Å². The fourth-order valence-electron chi connectivity index (χ4n) is 1.73. The lowest BCUT2D eigenvalue weighted by Crippen LogP contribution is -2.14. The fourth-order valence-corrected chi connectivity index (χ4v) is 2.03. The number of hydrogen-bond acceptors (Lipinski definition) is 1. The highest BCUT2D eigenvalue weighted by atomic mass is 35.5. The van der Waals surface area contributed by atoms with E-state index in [9.17, 15) is 0 Å². The molecular weight excluding hydrogens is 229 g/mol. The summed E-state index contributed by atoms with van der Waals surface area (Å²) in [5.41, 5.74) is 2.27. The zero-order valence-electron chi connectivity index (χ0n) is 8.63. The molecule has 1 aromatic rings. The van der Waals surface area contributed by atoms with Gasteiger partial charge in [0, 0.05) is 12.3 Å². The van der Waals surface area contributed by atoms with E-state index in [1.807, 2.05) is 18.2 Å². The molecule has 0 fully saturated rings. The van der Waals surface area contributed by atoms with Crippen LogP contribution in [0.25, 0.3) is 0 Å². The Morgan fingerprint density at radius 1 is 1.27 bits per heavy atom. The number of nitrogens with zero attached hydrogens (tertiary/aromatic N) is 1. The van der Waals surface area contributed by atoms with Gasteiger partial charge in [-0.1, -0.05) is 36.2 Å². The van der Waals surface area contributed by atoms with E-state index in [4.69, 9.17) is 23.2 Å². The van der Waals surface area contributed by atoms with Crippen LogP contribution >= 0.6 is 23.2 Å². The molecule has 1 unspecified atom stereocenters. The summed E-state index contributed by atoms with van der Waals surface area (Å²) in [5, 5.41) is 1.21. The maximum absolute atomic E-state index is 5.97. The fraction of sp³-hybridized carbons (Fsp3) is 0.417. The molecule has 1 atom stereocenters. The van der Waals surface area contributed by atoms with E-state index in [2.05, 4.69) is 11.9 Å². The molecular formula is C12H13Cl2N. The van der Waals surface area contributed by atoms with E-state index in [-0.39, 0.29) is 0 Å². The molecule has 0 N–H and O–H groups in total. The van der Waals surface area contributed by atoms with Gasteiger partial charge in [-0.2, -0.15) is 0 Å². The minimum Gasteiger partial charge on any atom is -0.289 e. The summed E-state index contributed by atoms with van der Waals surface area (Å²) < 4.78 is 0. The molecule has 3 heteroatoms. The molecule has 0 amide bonds. The van der Waals surface area contributed by atoms with Crippen molar-refractivity contribution in [3.63, 3.8) is 0 Å². The summed E-state index contributed by atoms with van der Waals surface area (Å²) in [4.78, 5) is 4.57. The van der Waals surface area contributed by atoms with Crippen LogP contribution in [0, 0.1) is 5.92 Å². The molecule has 1 nitrogen and oxygen atoms in total. The van der Waals surface area contributed by atoms with Gasteiger partial charge >= 0.3 is 0 Å². The van der Waals surface area contributed by atoms with Gasteiger partial charge in [0.05, 0.1) is 10.0 Å². The van der Waals surface area contributed by atoms with E-state index in [0.717, 1.165) is 24.2 Å². The number of benzene rings is 1. The van der Waals surface area contributed by atoms with Gasteiger partial charge < -0.3 is 0 Å². The second kappa shape index (κ2) is 4.54. The lowest BCUT2D eigenvalue weighted by molar-refractivity contribution is 0.538. The lowest BCUT2D eigenvalue weighted by Gasteiger charge is -2.17. The molecule has 0 saturated heterocycles. The van der Waals surface area contributed by atoms with Gasteiger partial charge in [0.2, 0.25) is 0 Å². The predicted octanol–water partition coefficient (Wildman–Crippen LogP) is 4.21. The zero-order chi connectivity index (χ0) is 10.8. The van der Waals surface area contributed by atoms with Gasteiger partial charge in [0.15, 0.2) is 0 Å². The van der Waals surface area contributed by atoms with E-state index in [1.165, 1.54) is 6.42 Å². The third-order valence-corrected chi connectivity index (χ3v) is 3.46. The van der Waals surface area contributed by atoms with Crippen molar-refractivity contribution in [1.29, 1.82) is 0 Å². The van der Waals surface area contributed by atoms with Gasteiger partial charge in [-0.05, 0) is 36.5 Å².